The fourth-order valence-electron chi connectivity index (χ4n) is 4.20. The SMILES string of the molecule is CC(C)(C)OC(=O)/N=C(\NC(=O)OC(C)(C)C)Nc1cc(N2C(=S)N(c3ccc(C#N)c(C(F)(F)F)c3)C(=O)C2(C)C)ccc1Cl. The summed E-state index contributed by atoms with van der Waals surface area (Å²) in [5.74, 6) is -1.04. The Bertz CT molecular complexity index is 1660. The maximum atomic E-state index is 13.7. The number of thiocarbonyl (C=S) groups is 1. The maximum absolute atomic E-state index is 13.7. The first-order valence-electron chi connectivity index (χ1n) is 13.6. The number of benzene rings is 2. The number of carbonyl (C=O) groups excluding carboxylic acids is 3. The van der Waals surface area contributed by atoms with E-state index in [-0.39, 0.29) is 27.2 Å². The van der Waals surface area contributed by atoms with E-state index >= 15 is 0 Å². The smallest absolute Gasteiger partial charge is 0.437 e. The molecule has 0 unspecified atom stereocenters. The quantitative estimate of drug-likeness (QED) is 0.193. The largest absolute Gasteiger partial charge is 0.444 e. The molecule has 0 radical (unpaired) electrons. The van der Waals surface area contributed by atoms with Crippen LogP contribution in [0.3, 0.4) is 0 Å². The second-order valence-electron chi connectivity index (χ2n) is 12.5. The van der Waals surface area contributed by atoms with E-state index in [9.17, 15) is 32.8 Å². The molecule has 3 amide bonds. The monoisotopic (exact) mass is 680 g/mol. The van der Waals surface area contributed by atoms with E-state index in [0.717, 1.165) is 11.0 Å². The minimum Gasteiger partial charge on any atom is -0.444 e. The lowest BCUT2D eigenvalue weighted by Crippen LogP contribution is -2.44. The molecule has 0 aromatic heterocycles. The number of amides is 3. The zero-order chi connectivity index (χ0) is 35.0. The van der Waals surface area contributed by atoms with Crippen LogP contribution < -0.4 is 20.4 Å². The molecule has 1 aliphatic rings. The summed E-state index contributed by atoms with van der Waals surface area (Å²) in [4.78, 5) is 44.8. The van der Waals surface area contributed by atoms with Crippen LogP contribution in [0.1, 0.15) is 66.5 Å². The molecule has 3 rings (SSSR count). The van der Waals surface area contributed by atoms with E-state index in [1.165, 1.54) is 49.1 Å². The van der Waals surface area contributed by atoms with E-state index in [0.29, 0.717) is 6.07 Å². The number of nitriles is 1. The van der Waals surface area contributed by atoms with Crippen LogP contribution in [0.15, 0.2) is 41.4 Å². The Morgan fingerprint density at radius 2 is 1.59 bits per heavy atom. The number of hydrogen-bond donors (Lipinski definition) is 2. The van der Waals surface area contributed by atoms with Gasteiger partial charge in [0.25, 0.3) is 5.91 Å². The molecule has 0 spiro atoms. The molecule has 0 saturated carbocycles. The topological polar surface area (TPSA) is 136 Å². The Morgan fingerprint density at radius 1 is 1.00 bits per heavy atom. The Labute approximate surface area is 274 Å². The van der Waals surface area contributed by atoms with Gasteiger partial charge in [0, 0.05) is 5.69 Å². The number of rotatable bonds is 3. The van der Waals surface area contributed by atoms with Gasteiger partial charge in [0.1, 0.15) is 16.7 Å². The van der Waals surface area contributed by atoms with E-state index in [4.69, 9.17) is 33.3 Å². The summed E-state index contributed by atoms with van der Waals surface area (Å²) in [7, 11) is 0. The third kappa shape index (κ3) is 8.43. The lowest BCUT2D eigenvalue weighted by atomic mass is 10.0. The van der Waals surface area contributed by atoms with Crippen molar-refractivity contribution in [2.24, 2.45) is 4.99 Å². The van der Waals surface area contributed by atoms with Crippen LogP contribution in [0, 0.1) is 11.3 Å². The van der Waals surface area contributed by atoms with Crippen LogP contribution in [0.5, 0.6) is 0 Å². The summed E-state index contributed by atoms with van der Waals surface area (Å²) in [5.41, 5.74) is -4.83. The molecule has 0 aliphatic carbocycles. The normalized spacial score (nSPS) is 15.4. The van der Waals surface area contributed by atoms with Crippen molar-refractivity contribution < 1.29 is 37.0 Å². The summed E-state index contributed by atoms with van der Waals surface area (Å²) < 4.78 is 51.6. The van der Waals surface area contributed by atoms with Crippen LogP contribution in [0.4, 0.5) is 39.8 Å². The molecule has 0 bridgehead atoms. The molecule has 1 saturated heterocycles. The van der Waals surface area contributed by atoms with Gasteiger partial charge < -0.3 is 19.7 Å². The summed E-state index contributed by atoms with van der Waals surface area (Å²) in [6.45, 7) is 12.8. The molecular weight excluding hydrogens is 649 g/mol. The molecule has 2 aromatic carbocycles. The second kappa shape index (κ2) is 12.8. The highest BCUT2D eigenvalue weighted by atomic mass is 35.5. The highest BCUT2D eigenvalue weighted by Gasteiger charge is 2.51. The Hall–Kier alpha value is -4.42. The van der Waals surface area contributed by atoms with Crippen molar-refractivity contribution in [3.63, 3.8) is 0 Å². The van der Waals surface area contributed by atoms with Gasteiger partial charge in [0.05, 0.1) is 33.6 Å². The number of guanidine groups is 1. The molecular formula is C30H32ClF3N6O5S. The van der Waals surface area contributed by atoms with Gasteiger partial charge in [-0.25, -0.2) is 9.59 Å². The minimum atomic E-state index is -4.86. The molecule has 2 N–H and O–H groups in total. The lowest BCUT2D eigenvalue weighted by molar-refractivity contribution is -0.137. The van der Waals surface area contributed by atoms with Gasteiger partial charge in [0.15, 0.2) is 5.11 Å². The second-order valence-corrected chi connectivity index (χ2v) is 13.3. The number of aliphatic imine (C=N–C) groups is 1. The van der Waals surface area contributed by atoms with Crippen molar-refractivity contribution in [2.75, 3.05) is 15.1 Å². The first-order valence-corrected chi connectivity index (χ1v) is 14.4. The number of halogens is 4. The Balaban J connectivity index is 2.04. The van der Waals surface area contributed by atoms with Crippen LogP contribution in [0.2, 0.25) is 5.02 Å². The molecule has 1 fully saturated rings. The van der Waals surface area contributed by atoms with Gasteiger partial charge in [0.2, 0.25) is 5.96 Å². The molecule has 16 heteroatoms. The number of ether oxygens (including phenoxy) is 2. The number of alkyl halides is 3. The van der Waals surface area contributed by atoms with Gasteiger partial charge in [-0.15, -0.1) is 4.99 Å². The summed E-state index contributed by atoms with van der Waals surface area (Å²) >= 11 is 12.0. The molecule has 1 aliphatic heterocycles. The Morgan fingerprint density at radius 3 is 2.13 bits per heavy atom. The number of hydrogen-bond acceptors (Lipinski definition) is 7. The molecule has 1 heterocycles. The zero-order valence-electron chi connectivity index (χ0n) is 26.2. The van der Waals surface area contributed by atoms with Gasteiger partial charge in [-0.1, -0.05) is 11.6 Å². The minimum absolute atomic E-state index is 0.0969. The average Bonchev–Trinajstić information content (AvgIpc) is 3.05. The third-order valence-corrected chi connectivity index (χ3v) is 6.73. The number of anilines is 3. The number of nitrogens with zero attached hydrogens (tertiary/aromatic N) is 4. The van der Waals surface area contributed by atoms with Gasteiger partial charge in [-0.3, -0.25) is 15.0 Å². The predicted molar refractivity (Wildman–Crippen MR) is 171 cm³/mol. The molecule has 246 valence electrons. The average molecular weight is 681 g/mol. The molecule has 2 aromatic rings. The van der Waals surface area contributed by atoms with Crippen LogP contribution in [-0.4, -0.2) is 45.9 Å². The van der Waals surface area contributed by atoms with Gasteiger partial charge in [-0.2, -0.15) is 18.4 Å². The summed E-state index contributed by atoms with van der Waals surface area (Å²) in [6, 6.07) is 8.77. The van der Waals surface area contributed by atoms with Crippen molar-refractivity contribution >= 4 is 70.0 Å². The Kier molecular flexibility index (Phi) is 10.0. The standard InChI is InChI=1S/C30H32ClF3N6O5S/c1-27(2,3)44-24(42)37-23(38-25(43)45-28(4,5)6)36-21-14-18(11-12-20(21)31)40-26(46)39(22(41)29(40,7)8)17-10-9-16(15-35)19(13-17)30(32,33)34/h9-14H,1-8H3,(H2,36,37,38,42,43). The number of alkyl carbamates (subject to hydrolysis) is 1. The van der Waals surface area contributed by atoms with Gasteiger partial charge >= 0.3 is 18.4 Å². The number of carbonyl (C=O) groups is 3. The molecule has 0 atom stereocenters. The fraction of sp³-hybridized carbons (Fsp3) is 0.400. The van der Waals surface area contributed by atoms with Crippen molar-refractivity contribution in [1.29, 1.82) is 5.26 Å². The highest BCUT2D eigenvalue weighted by molar-refractivity contribution is 7.81. The first kappa shape index (κ1) is 36.1. The predicted octanol–water partition coefficient (Wildman–Crippen LogP) is 7.37. The molecule has 11 nitrogen and oxygen atoms in total. The summed E-state index contributed by atoms with van der Waals surface area (Å²) in [5, 5.41) is 14.2. The van der Waals surface area contributed by atoms with E-state index in [2.05, 4.69) is 15.6 Å². The molecule has 46 heavy (non-hydrogen) atoms. The van der Waals surface area contributed by atoms with E-state index in [1.54, 1.807) is 41.5 Å². The zero-order valence-corrected chi connectivity index (χ0v) is 27.8. The van der Waals surface area contributed by atoms with Crippen molar-refractivity contribution in [2.45, 2.75) is 78.3 Å². The first-order chi connectivity index (χ1) is 20.9. The maximum Gasteiger partial charge on any atom is 0.437 e. The van der Waals surface area contributed by atoms with E-state index < -0.39 is 58.1 Å². The lowest BCUT2D eigenvalue weighted by Gasteiger charge is -2.30. The van der Waals surface area contributed by atoms with Crippen LogP contribution >= 0.6 is 23.8 Å². The summed E-state index contributed by atoms with van der Waals surface area (Å²) in [6.07, 6.45) is -6.84. The fourth-order valence-corrected chi connectivity index (χ4v) is 4.89. The van der Waals surface area contributed by atoms with E-state index in [1.807, 2.05) is 0 Å². The van der Waals surface area contributed by atoms with Crippen LogP contribution in [0.25, 0.3) is 0 Å². The van der Waals surface area contributed by atoms with Gasteiger partial charge in [-0.05, 0) is 104 Å². The van der Waals surface area contributed by atoms with Crippen molar-refractivity contribution in [3.05, 3.63) is 52.5 Å². The number of nitrogens with one attached hydrogen (secondary N) is 2. The highest BCUT2D eigenvalue weighted by Crippen LogP contribution is 2.41. The third-order valence-electron chi connectivity index (χ3n) is 6.03. The van der Waals surface area contributed by atoms with Crippen LogP contribution in [-0.2, 0) is 20.4 Å². The van der Waals surface area contributed by atoms with Crippen molar-refractivity contribution in [3.8, 4) is 6.07 Å². The van der Waals surface area contributed by atoms with Crippen molar-refractivity contribution in [1.82, 2.24) is 5.32 Å².